The van der Waals surface area contributed by atoms with Crippen LogP contribution in [-0.4, -0.2) is 62.1 Å². The Morgan fingerprint density at radius 2 is 1.75 bits per heavy atom. The first-order chi connectivity index (χ1) is 15.3. The molecule has 3 aromatic rings. The molecular weight excluding hydrogens is 417 g/mol. The SMILES string of the molecule is CC(C)Oc1ccc(Cc2cn([C@@H]3O[C@H](CO)[C@@H](O)[C@H](O)[C@H]3O)c3ccc(F)cc23)cc1. The lowest BCUT2D eigenvalue weighted by Gasteiger charge is -2.40. The van der Waals surface area contributed by atoms with E-state index in [4.69, 9.17) is 9.47 Å². The fourth-order valence-electron chi connectivity index (χ4n) is 4.14. The number of benzene rings is 2. The van der Waals surface area contributed by atoms with E-state index in [0.717, 1.165) is 16.9 Å². The van der Waals surface area contributed by atoms with Gasteiger partial charge in [-0.3, -0.25) is 0 Å². The summed E-state index contributed by atoms with van der Waals surface area (Å²) in [5, 5.41) is 41.0. The highest BCUT2D eigenvalue weighted by atomic mass is 19.1. The third-order valence-electron chi connectivity index (χ3n) is 5.71. The van der Waals surface area contributed by atoms with E-state index in [-0.39, 0.29) is 6.10 Å². The van der Waals surface area contributed by atoms with Gasteiger partial charge in [0.1, 0.15) is 36.0 Å². The standard InChI is InChI=1S/C24H28FNO6/c1-13(2)31-17-6-3-14(4-7-17)9-15-11-26(19-8-5-16(25)10-18(15)19)24-23(30)22(29)21(28)20(12-27)32-24/h3-8,10-11,13,20-24,27-30H,9,12H2,1-2H3/t20-,21-,22+,23-,24-/m1/s1. The number of fused-ring (bicyclic) bond motifs is 1. The van der Waals surface area contributed by atoms with Gasteiger partial charge in [0.05, 0.1) is 18.2 Å². The number of halogens is 1. The van der Waals surface area contributed by atoms with Gasteiger partial charge in [-0.25, -0.2) is 4.39 Å². The molecule has 0 bridgehead atoms. The van der Waals surface area contributed by atoms with Crippen LogP contribution in [-0.2, 0) is 11.2 Å². The van der Waals surface area contributed by atoms with E-state index in [0.29, 0.717) is 17.3 Å². The molecule has 0 spiro atoms. The predicted molar refractivity (Wildman–Crippen MR) is 116 cm³/mol. The van der Waals surface area contributed by atoms with Crippen molar-refractivity contribution in [3.8, 4) is 5.75 Å². The molecule has 32 heavy (non-hydrogen) atoms. The second-order valence-corrected chi connectivity index (χ2v) is 8.43. The fourth-order valence-corrected chi connectivity index (χ4v) is 4.14. The molecule has 0 saturated carbocycles. The van der Waals surface area contributed by atoms with Crippen LogP contribution in [0.2, 0.25) is 0 Å². The predicted octanol–water partition coefficient (Wildman–Crippen LogP) is 2.13. The molecule has 0 aliphatic carbocycles. The smallest absolute Gasteiger partial charge is 0.163 e. The Bertz CT molecular complexity index is 1060. The highest BCUT2D eigenvalue weighted by molar-refractivity contribution is 5.84. The average Bonchev–Trinajstić information content (AvgIpc) is 3.10. The summed E-state index contributed by atoms with van der Waals surface area (Å²) in [6.07, 6.45) is -4.17. The minimum absolute atomic E-state index is 0.0698. The highest BCUT2D eigenvalue weighted by Crippen LogP contribution is 2.34. The molecule has 7 nitrogen and oxygen atoms in total. The van der Waals surface area contributed by atoms with Gasteiger partial charge in [-0.15, -0.1) is 0 Å². The van der Waals surface area contributed by atoms with Crippen LogP contribution in [0.1, 0.15) is 31.2 Å². The number of aromatic nitrogens is 1. The van der Waals surface area contributed by atoms with E-state index in [1.165, 1.54) is 12.1 Å². The van der Waals surface area contributed by atoms with Gasteiger partial charge in [-0.1, -0.05) is 12.1 Å². The van der Waals surface area contributed by atoms with Crippen LogP contribution in [0.4, 0.5) is 4.39 Å². The number of aliphatic hydroxyl groups excluding tert-OH is 4. The first-order valence-corrected chi connectivity index (χ1v) is 10.6. The molecule has 1 saturated heterocycles. The second-order valence-electron chi connectivity index (χ2n) is 8.43. The van der Waals surface area contributed by atoms with E-state index in [2.05, 4.69) is 0 Å². The van der Waals surface area contributed by atoms with Crippen molar-refractivity contribution in [3.05, 3.63) is 65.6 Å². The lowest BCUT2D eigenvalue weighted by molar-refractivity contribution is -0.250. The lowest BCUT2D eigenvalue weighted by atomic mass is 9.98. The van der Waals surface area contributed by atoms with Crippen LogP contribution < -0.4 is 4.74 Å². The number of rotatable bonds is 6. The largest absolute Gasteiger partial charge is 0.491 e. The lowest BCUT2D eigenvalue weighted by Crippen LogP contribution is -2.56. The van der Waals surface area contributed by atoms with Gasteiger partial charge in [0, 0.05) is 11.6 Å². The van der Waals surface area contributed by atoms with Crippen LogP contribution in [0.5, 0.6) is 5.75 Å². The van der Waals surface area contributed by atoms with Crippen molar-refractivity contribution in [2.24, 2.45) is 0 Å². The number of ether oxygens (including phenoxy) is 2. The summed E-state index contributed by atoms with van der Waals surface area (Å²) >= 11 is 0. The van der Waals surface area contributed by atoms with Gasteiger partial charge in [-0.2, -0.15) is 0 Å². The maximum Gasteiger partial charge on any atom is 0.163 e. The molecule has 4 rings (SSSR count). The molecule has 2 heterocycles. The van der Waals surface area contributed by atoms with Crippen molar-refractivity contribution in [1.82, 2.24) is 4.57 Å². The Hall–Kier alpha value is -2.49. The van der Waals surface area contributed by atoms with Crippen LogP contribution in [0.25, 0.3) is 10.9 Å². The summed E-state index contributed by atoms with van der Waals surface area (Å²) in [6, 6.07) is 11.9. The van der Waals surface area contributed by atoms with Crippen molar-refractivity contribution >= 4 is 10.9 Å². The van der Waals surface area contributed by atoms with Gasteiger partial charge in [0.15, 0.2) is 6.23 Å². The zero-order valence-electron chi connectivity index (χ0n) is 17.9. The molecule has 5 atom stereocenters. The molecule has 1 aromatic heterocycles. The molecule has 4 N–H and O–H groups in total. The Balaban J connectivity index is 1.70. The fraction of sp³-hybridized carbons (Fsp3) is 0.417. The summed E-state index contributed by atoms with van der Waals surface area (Å²) in [7, 11) is 0. The summed E-state index contributed by atoms with van der Waals surface area (Å²) in [6.45, 7) is 3.39. The molecular formula is C24H28FNO6. The Kier molecular flexibility index (Phi) is 6.50. The van der Waals surface area contributed by atoms with E-state index in [1.54, 1.807) is 16.8 Å². The first kappa shape index (κ1) is 22.7. The third kappa shape index (κ3) is 4.37. The monoisotopic (exact) mass is 445 g/mol. The average molecular weight is 445 g/mol. The molecule has 1 aliphatic rings. The molecule has 1 fully saturated rings. The zero-order valence-corrected chi connectivity index (χ0v) is 17.9. The van der Waals surface area contributed by atoms with E-state index in [1.807, 2.05) is 38.1 Å². The quantitative estimate of drug-likeness (QED) is 0.464. The van der Waals surface area contributed by atoms with Crippen LogP contribution >= 0.6 is 0 Å². The molecule has 0 amide bonds. The molecule has 0 unspecified atom stereocenters. The number of hydrogen-bond acceptors (Lipinski definition) is 6. The van der Waals surface area contributed by atoms with Gasteiger partial charge in [0.25, 0.3) is 0 Å². The van der Waals surface area contributed by atoms with Crippen molar-refractivity contribution in [2.45, 2.75) is 57.0 Å². The molecule has 1 aliphatic heterocycles. The van der Waals surface area contributed by atoms with E-state index < -0.39 is 43.1 Å². The minimum atomic E-state index is -1.50. The van der Waals surface area contributed by atoms with Crippen LogP contribution in [0.15, 0.2) is 48.7 Å². The van der Waals surface area contributed by atoms with Crippen molar-refractivity contribution in [1.29, 1.82) is 0 Å². The van der Waals surface area contributed by atoms with Crippen LogP contribution in [0, 0.1) is 5.82 Å². The first-order valence-electron chi connectivity index (χ1n) is 10.6. The third-order valence-corrected chi connectivity index (χ3v) is 5.71. The highest BCUT2D eigenvalue weighted by Gasteiger charge is 2.44. The zero-order chi connectivity index (χ0) is 23.0. The van der Waals surface area contributed by atoms with Gasteiger partial charge in [0.2, 0.25) is 0 Å². The van der Waals surface area contributed by atoms with Gasteiger partial charge >= 0.3 is 0 Å². The van der Waals surface area contributed by atoms with Gasteiger partial charge < -0.3 is 34.5 Å². The van der Waals surface area contributed by atoms with Gasteiger partial charge in [-0.05, 0) is 61.7 Å². The molecule has 8 heteroatoms. The summed E-state index contributed by atoms with van der Waals surface area (Å²) in [5.41, 5.74) is 2.39. The van der Waals surface area contributed by atoms with Crippen molar-refractivity contribution in [2.75, 3.05) is 6.61 Å². The maximum atomic E-state index is 14.1. The second kappa shape index (κ2) is 9.17. The number of aliphatic hydroxyl groups is 4. The molecule has 2 aromatic carbocycles. The number of nitrogens with zero attached hydrogens (tertiary/aromatic N) is 1. The summed E-state index contributed by atoms with van der Waals surface area (Å²) in [5.74, 6) is 0.365. The Morgan fingerprint density at radius 1 is 1.03 bits per heavy atom. The minimum Gasteiger partial charge on any atom is -0.491 e. The topological polar surface area (TPSA) is 104 Å². The van der Waals surface area contributed by atoms with Crippen molar-refractivity contribution in [3.63, 3.8) is 0 Å². The van der Waals surface area contributed by atoms with E-state index >= 15 is 0 Å². The number of hydrogen-bond donors (Lipinski definition) is 4. The Labute approximate surface area is 185 Å². The molecule has 0 radical (unpaired) electrons. The van der Waals surface area contributed by atoms with Crippen molar-refractivity contribution < 1.29 is 34.3 Å². The van der Waals surface area contributed by atoms with Crippen LogP contribution in [0.3, 0.4) is 0 Å². The maximum absolute atomic E-state index is 14.1. The normalized spacial score (nSPS) is 26.1. The molecule has 172 valence electrons. The summed E-state index contributed by atoms with van der Waals surface area (Å²) in [4.78, 5) is 0. The Morgan fingerprint density at radius 3 is 2.41 bits per heavy atom. The van der Waals surface area contributed by atoms with E-state index in [9.17, 15) is 24.8 Å². The summed E-state index contributed by atoms with van der Waals surface area (Å²) < 4.78 is 27.1.